The molecule has 6 nitrogen and oxygen atoms in total. The van der Waals surface area contributed by atoms with Crippen molar-refractivity contribution >= 4 is 44.9 Å². The number of fused-ring (bicyclic) bond motifs is 3. The molecule has 0 radical (unpaired) electrons. The van der Waals surface area contributed by atoms with Crippen molar-refractivity contribution in [3.05, 3.63) is 61.9 Å². The molecule has 4 aromatic rings. The minimum atomic E-state index is -4.68. The molecule has 5 rings (SSSR count). The molecule has 3 aromatic heterocycles. The van der Waals surface area contributed by atoms with Crippen LogP contribution in [0, 0.1) is 5.92 Å². The van der Waals surface area contributed by atoms with Crippen LogP contribution in [0.4, 0.5) is 13.2 Å². The van der Waals surface area contributed by atoms with E-state index in [1.54, 1.807) is 18.2 Å². The number of hydrogen-bond acceptors (Lipinski definition) is 7. The minimum absolute atomic E-state index is 0.0164. The minimum Gasteiger partial charge on any atom is -0.495 e. The molecule has 1 atom stereocenters. The van der Waals surface area contributed by atoms with E-state index < -0.39 is 12.1 Å². The fourth-order valence-electron chi connectivity index (χ4n) is 4.16. The molecule has 0 aliphatic heterocycles. The molecule has 0 N–H and O–H groups in total. The second-order valence-electron chi connectivity index (χ2n) is 8.31. The van der Waals surface area contributed by atoms with E-state index in [0.717, 1.165) is 47.7 Å². The molecule has 12 heteroatoms. The van der Waals surface area contributed by atoms with E-state index in [2.05, 4.69) is 16.3 Å². The Bertz CT molecular complexity index is 1480. The predicted octanol–water partition coefficient (Wildman–Crippen LogP) is 6.53. The maximum atomic E-state index is 13.9. The second-order valence-corrected chi connectivity index (χ2v) is 10.8. The number of oxazole rings is 1. The lowest BCUT2D eigenvalue weighted by Gasteiger charge is -2.18. The van der Waals surface area contributed by atoms with Crippen LogP contribution in [0.3, 0.4) is 0 Å². The predicted molar refractivity (Wildman–Crippen MR) is 129 cm³/mol. The van der Waals surface area contributed by atoms with Crippen LogP contribution in [0.1, 0.15) is 35.4 Å². The highest BCUT2D eigenvalue weighted by Gasteiger charge is 2.37. The van der Waals surface area contributed by atoms with Crippen LogP contribution in [-0.4, -0.2) is 21.6 Å². The number of alkyl halides is 3. The maximum absolute atomic E-state index is 13.9. The fourth-order valence-corrected chi connectivity index (χ4v) is 6.63. The summed E-state index contributed by atoms with van der Waals surface area (Å²) in [6.45, 7) is 2.18. The smallest absolute Gasteiger partial charge is 0.468 e. The quantitative estimate of drug-likeness (QED) is 0.211. The first kappa shape index (κ1) is 24.2. The van der Waals surface area contributed by atoms with Gasteiger partial charge in [0.1, 0.15) is 16.8 Å². The Morgan fingerprint density at radius 1 is 1.34 bits per heavy atom. The third kappa shape index (κ3) is 4.56. The molecule has 1 aliphatic rings. The van der Waals surface area contributed by atoms with Gasteiger partial charge < -0.3 is 9.15 Å². The zero-order valence-electron chi connectivity index (χ0n) is 18.6. The lowest BCUT2D eigenvalue weighted by molar-refractivity contribution is -0.157. The molecule has 0 bridgehead atoms. The summed E-state index contributed by atoms with van der Waals surface area (Å²) in [6, 6.07) is 4.91. The molecule has 3 heterocycles. The van der Waals surface area contributed by atoms with E-state index >= 15 is 0 Å². The number of rotatable bonds is 5. The van der Waals surface area contributed by atoms with Gasteiger partial charge in [0.2, 0.25) is 0 Å². The molecule has 35 heavy (non-hydrogen) atoms. The lowest BCUT2D eigenvalue weighted by atomic mass is 9.89. The summed E-state index contributed by atoms with van der Waals surface area (Å²) in [7, 11) is 1.48. The molecular weight excluding hydrogens is 523 g/mol. The molecule has 0 amide bonds. The van der Waals surface area contributed by atoms with Gasteiger partial charge in [-0.2, -0.15) is 13.2 Å². The zero-order chi connectivity index (χ0) is 24.9. The van der Waals surface area contributed by atoms with Crippen LogP contribution in [0.15, 0.2) is 38.8 Å². The Kier molecular flexibility index (Phi) is 6.35. The van der Waals surface area contributed by atoms with E-state index in [1.807, 2.05) is 0 Å². The Morgan fingerprint density at radius 2 is 2.14 bits per heavy atom. The first-order valence-corrected chi connectivity index (χ1v) is 12.9. The molecule has 0 fully saturated rings. The van der Waals surface area contributed by atoms with Crippen molar-refractivity contribution in [2.24, 2.45) is 5.92 Å². The SMILES string of the molecule is COc1ccc(Cl)cc1-n1c(SCc2coc(C(F)(F)F)n2)nc2sc3c(c2c1=O)CCC(C)C3. The summed E-state index contributed by atoms with van der Waals surface area (Å²) >= 11 is 8.84. The first-order chi connectivity index (χ1) is 16.7. The molecule has 1 aromatic carbocycles. The highest BCUT2D eigenvalue weighted by molar-refractivity contribution is 7.98. The molecular formula is C23H19ClF3N3O3S2. The van der Waals surface area contributed by atoms with Crippen LogP contribution >= 0.6 is 34.7 Å². The van der Waals surface area contributed by atoms with E-state index in [9.17, 15) is 18.0 Å². The van der Waals surface area contributed by atoms with Gasteiger partial charge in [0.15, 0.2) is 5.16 Å². The van der Waals surface area contributed by atoms with Crippen LogP contribution in [0.2, 0.25) is 5.02 Å². The summed E-state index contributed by atoms with van der Waals surface area (Å²) < 4.78 is 50.2. The first-order valence-electron chi connectivity index (χ1n) is 10.7. The van der Waals surface area contributed by atoms with Crippen molar-refractivity contribution in [3.8, 4) is 11.4 Å². The van der Waals surface area contributed by atoms with E-state index in [4.69, 9.17) is 21.3 Å². The second kappa shape index (κ2) is 9.18. The van der Waals surface area contributed by atoms with Gasteiger partial charge in [-0.15, -0.1) is 11.3 Å². The van der Waals surface area contributed by atoms with Gasteiger partial charge in [-0.1, -0.05) is 30.3 Å². The van der Waals surface area contributed by atoms with Crippen LogP contribution in [-0.2, 0) is 24.8 Å². The molecule has 0 saturated carbocycles. The van der Waals surface area contributed by atoms with Gasteiger partial charge >= 0.3 is 12.1 Å². The monoisotopic (exact) mass is 541 g/mol. The largest absolute Gasteiger partial charge is 0.495 e. The van der Waals surface area contributed by atoms with Crippen molar-refractivity contribution in [3.63, 3.8) is 0 Å². The Hall–Kier alpha value is -2.50. The number of thioether (sulfide) groups is 1. The fraction of sp³-hybridized carbons (Fsp3) is 0.348. The Labute approximate surface area is 211 Å². The Morgan fingerprint density at radius 3 is 2.86 bits per heavy atom. The Balaban J connectivity index is 1.66. The van der Waals surface area contributed by atoms with Gasteiger partial charge in [0.25, 0.3) is 5.56 Å². The highest BCUT2D eigenvalue weighted by Crippen LogP contribution is 2.38. The van der Waals surface area contributed by atoms with Crippen LogP contribution in [0.25, 0.3) is 15.9 Å². The molecule has 0 spiro atoms. The number of ether oxygens (including phenoxy) is 1. The van der Waals surface area contributed by atoms with Gasteiger partial charge in [0.05, 0.1) is 23.9 Å². The highest BCUT2D eigenvalue weighted by atomic mass is 35.5. The third-order valence-corrected chi connectivity index (χ3v) is 8.18. The number of halogens is 4. The van der Waals surface area contributed by atoms with E-state index in [0.29, 0.717) is 37.8 Å². The van der Waals surface area contributed by atoms with Crippen LogP contribution in [0.5, 0.6) is 5.75 Å². The summed E-state index contributed by atoms with van der Waals surface area (Å²) in [6.07, 6.45) is -1.04. The van der Waals surface area contributed by atoms with Crippen molar-refractivity contribution in [1.29, 1.82) is 0 Å². The molecule has 1 aliphatic carbocycles. The number of benzene rings is 1. The molecule has 0 saturated heterocycles. The average molecular weight is 542 g/mol. The van der Waals surface area contributed by atoms with Crippen molar-refractivity contribution in [2.45, 2.75) is 43.3 Å². The standard InChI is InChI=1S/C23H19ClF3N3O3S2/c1-11-3-5-14-17(7-11)35-19-18(14)20(31)30(15-8-12(24)4-6-16(15)32-2)22(29-19)34-10-13-9-33-21(28-13)23(25,26)27/h4,6,8-9,11H,3,5,7,10H2,1-2H3. The number of methoxy groups -OCH3 is 1. The molecule has 1 unspecified atom stereocenters. The van der Waals surface area contributed by atoms with Gasteiger partial charge in [0, 0.05) is 15.7 Å². The van der Waals surface area contributed by atoms with E-state index in [1.165, 1.54) is 23.0 Å². The van der Waals surface area contributed by atoms with E-state index in [-0.39, 0.29) is 17.0 Å². The third-order valence-electron chi connectivity index (χ3n) is 5.82. The van der Waals surface area contributed by atoms with Gasteiger partial charge in [-0.05, 0) is 48.9 Å². The normalized spacial score (nSPS) is 16.0. The summed E-state index contributed by atoms with van der Waals surface area (Å²) in [4.78, 5) is 24.0. The number of hydrogen-bond donors (Lipinski definition) is 0. The van der Waals surface area contributed by atoms with Gasteiger partial charge in [-0.25, -0.2) is 9.97 Å². The summed E-state index contributed by atoms with van der Waals surface area (Å²) in [5.74, 6) is -0.360. The summed E-state index contributed by atoms with van der Waals surface area (Å²) in [5.41, 5.74) is 1.25. The topological polar surface area (TPSA) is 70.2 Å². The number of aromatic nitrogens is 3. The maximum Gasteiger partial charge on any atom is 0.468 e. The zero-order valence-corrected chi connectivity index (χ0v) is 21.0. The number of nitrogens with zero attached hydrogens (tertiary/aromatic N) is 3. The van der Waals surface area contributed by atoms with Crippen LogP contribution < -0.4 is 10.3 Å². The number of aryl methyl sites for hydroxylation is 1. The average Bonchev–Trinajstić information content (AvgIpc) is 3.42. The van der Waals surface area contributed by atoms with Gasteiger partial charge in [-0.3, -0.25) is 9.36 Å². The van der Waals surface area contributed by atoms with Crippen molar-refractivity contribution in [1.82, 2.24) is 14.5 Å². The van der Waals surface area contributed by atoms with Crippen molar-refractivity contribution < 1.29 is 22.3 Å². The molecule has 184 valence electrons. The lowest BCUT2D eigenvalue weighted by Crippen LogP contribution is -2.23. The number of thiophene rings is 1. The van der Waals surface area contributed by atoms with Crippen molar-refractivity contribution in [2.75, 3.05) is 7.11 Å². The summed E-state index contributed by atoms with van der Waals surface area (Å²) in [5, 5.41) is 1.27.